The maximum absolute atomic E-state index is 5.01. The summed E-state index contributed by atoms with van der Waals surface area (Å²) in [7, 11) is 0. The van der Waals surface area contributed by atoms with E-state index in [-0.39, 0.29) is 0 Å². The molecule has 0 bridgehead atoms. The third-order valence-electron chi connectivity index (χ3n) is 7.69. The Bertz CT molecular complexity index is 2030. The first-order valence-corrected chi connectivity index (χ1v) is 14.7. The first-order chi connectivity index (χ1) is 21.6. The minimum Gasteiger partial charge on any atom is -0.208 e. The lowest BCUT2D eigenvalue weighted by Crippen LogP contribution is -2.00. The highest BCUT2D eigenvalue weighted by Gasteiger charge is 2.14. The molecule has 0 aliphatic rings. The molecule has 0 N–H and O–H groups in total. The van der Waals surface area contributed by atoms with E-state index in [2.05, 4.69) is 135 Å². The Morgan fingerprint density at radius 3 is 1.59 bits per heavy atom. The first-order valence-electron chi connectivity index (χ1n) is 14.7. The van der Waals surface area contributed by atoms with Crippen LogP contribution in [0.2, 0.25) is 0 Å². The number of hydrogen-bond donors (Lipinski definition) is 0. The molecule has 3 heteroatoms. The van der Waals surface area contributed by atoms with Crippen LogP contribution < -0.4 is 0 Å². The van der Waals surface area contributed by atoms with Gasteiger partial charge < -0.3 is 0 Å². The molecule has 0 unspecified atom stereocenters. The van der Waals surface area contributed by atoms with Crippen LogP contribution >= 0.6 is 0 Å². The SMILES string of the molecule is C=C/C=C(\C=C/C)C(/C)=C/c1ccc(-c2nc(-c3ccc4ccccc4c3)nc(-c3ccc4ccccc4c3)n2)cc1C=C. The van der Waals surface area contributed by atoms with Crippen LogP contribution in [0.4, 0.5) is 0 Å². The summed E-state index contributed by atoms with van der Waals surface area (Å²) in [5, 5.41) is 4.63. The van der Waals surface area contributed by atoms with Crippen LogP contribution in [0.25, 0.3) is 67.9 Å². The fourth-order valence-corrected chi connectivity index (χ4v) is 5.38. The molecule has 1 aromatic heterocycles. The molecule has 0 fully saturated rings. The largest absolute Gasteiger partial charge is 0.208 e. The van der Waals surface area contributed by atoms with Gasteiger partial charge in [-0.3, -0.25) is 0 Å². The normalized spacial score (nSPS) is 12.2. The van der Waals surface area contributed by atoms with Crippen molar-refractivity contribution in [3.63, 3.8) is 0 Å². The van der Waals surface area contributed by atoms with Crippen LogP contribution in [0.1, 0.15) is 25.0 Å². The van der Waals surface area contributed by atoms with Gasteiger partial charge in [0.2, 0.25) is 0 Å². The Hall–Kier alpha value is -5.67. The van der Waals surface area contributed by atoms with Crippen molar-refractivity contribution in [2.75, 3.05) is 0 Å². The lowest BCUT2D eigenvalue weighted by atomic mass is 9.98. The van der Waals surface area contributed by atoms with Gasteiger partial charge in [0.25, 0.3) is 0 Å². The molecule has 0 amide bonds. The van der Waals surface area contributed by atoms with Crippen LogP contribution in [-0.2, 0) is 0 Å². The zero-order chi connectivity index (χ0) is 30.5. The Kier molecular flexibility index (Phi) is 8.20. The average molecular weight is 568 g/mol. The van der Waals surface area contributed by atoms with E-state index < -0.39 is 0 Å². The third-order valence-corrected chi connectivity index (χ3v) is 7.69. The van der Waals surface area contributed by atoms with E-state index in [1.54, 1.807) is 0 Å². The molecule has 6 rings (SSSR count). The maximum Gasteiger partial charge on any atom is 0.164 e. The van der Waals surface area contributed by atoms with Gasteiger partial charge in [-0.2, -0.15) is 0 Å². The van der Waals surface area contributed by atoms with E-state index in [1.807, 2.05) is 31.2 Å². The van der Waals surface area contributed by atoms with E-state index in [4.69, 9.17) is 15.0 Å². The van der Waals surface area contributed by atoms with Gasteiger partial charge in [0.15, 0.2) is 17.5 Å². The van der Waals surface area contributed by atoms with Crippen LogP contribution in [0.5, 0.6) is 0 Å². The molecule has 0 spiro atoms. The molecular formula is C41H33N3. The zero-order valence-electron chi connectivity index (χ0n) is 25.0. The molecule has 212 valence electrons. The monoisotopic (exact) mass is 567 g/mol. The molecule has 3 nitrogen and oxygen atoms in total. The van der Waals surface area contributed by atoms with Gasteiger partial charge in [-0.05, 0) is 75.9 Å². The van der Waals surface area contributed by atoms with Crippen molar-refractivity contribution in [3.05, 3.63) is 163 Å². The van der Waals surface area contributed by atoms with Crippen LogP contribution in [0.3, 0.4) is 0 Å². The minimum atomic E-state index is 0.614. The third kappa shape index (κ3) is 5.95. The van der Waals surface area contributed by atoms with Crippen LogP contribution in [0.15, 0.2) is 152 Å². The molecule has 5 aromatic carbocycles. The summed E-state index contributed by atoms with van der Waals surface area (Å²) >= 11 is 0. The quantitative estimate of drug-likeness (QED) is 0.172. The van der Waals surface area contributed by atoms with E-state index in [0.717, 1.165) is 49.7 Å². The van der Waals surface area contributed by atoms with Crippen LogP contribution in [0, 0.1) is 0 Å². The maximum atomic E-state index is 5.01. The summed E-state index contributed by atoms with van der Waals surface area (Å²) in [5.41, 5.74) is 7.10. The Labute approximate surface area is 259 Å². The van der Waals surface area contributed by atoms with E-state index in [0.29, 0.717) is 17.5 Å². The standard InChI is InChI=1S/C41H33N3/c1-5-12-30(13-6-2)28(4)24-35-20-23-36(25-29(35)7-3)39-42-40(37-21-18-31-14-8-10-16-33(31)26-37)44-41(43-39)38-22-19-32-15-9-11-17-34(32)27-38/h5-27H,1,3H2,2,4H3/b13-6-,28-24+,30-12+. The smallest absolute Gasteiger partial charge is 0.164 e. The number of aromatic nitrogens is 3. The second-order valence-electron chi connectivity index (χ2n) is 10.7. The molecular weight excluding hydrogens is 534 g/mol. The summed E-state index contributed by atoms with van der Waals surface area (Å²) in [6.07, 6.45) is 12.0. The van der Waals surface area contributed by atoms with Crippen molar-refractivity contribution in [1.29, 1.82) is 0 Å². The van der Waals surface area contributed by atoms with Gasteiger partial charge in [0.05, 0.1) is 0 Å². The highest BCUT2D eigenvalue weighted by molar-refractivity contribution is 5.88. The number of allylic oxidation sites excluding steroid dienone is 6. The summed E-state index contributed by atoms with van der Waals surface area (Å²) in [6.45, 7) is 12.1. The first kappa shape index (κ1) is 28.4. The fourth-order valence-electron chi connectivity index (χ4n) is 5.38. The van der Waals surface area contributed by atoms with Gasteiger partial charge in [0, 0.05) is 16.7 Å². The molecule has 0 saturated heterocycles. The van der Waals surface area contributed by atoms with Crippen molar-refractivity contribution in [2.24, 2.45) is 0 Å². The van der Waals surface area contributed by atoms with Gasteiger partial charge in [-0.15, -0.1) is 0 Å². The fraction of sp³-hybridized carbons (Fsp3) is 0.0488. The predicted molar refractivity (Wildman–Crippen MR) is 188 cm³/mol. The molecule has 0 aliphatic carbocycles. The Morgan fingerprint density at radius 1 is 0.591 bits per heavy atom. The Balaban J connectivity index is 1.50. The lowest BCUT2D eigenvalue weighted by Gasteiger charge is -2.11. The molecule has 0 saturated carbocycles. The number of benzene rings is 5. The summed E-state index contributed by atoms with van der Waals surface area (Å²) in [6, 6.07) is 35.6. The van der Waals surface area contributed by atoms with Gasteiger partial charge in [0.1, 0.15) is 0 Å². The number of nitrogens with zero attached hydrogens (tertiary/aromatic N) is 3. The second-order valence-corrected chi connectivity index (χ2v) is 10.7. The number of fused-ring (bicyclic) bond motifs is 2. The highest BCUT2D eigenvalue weighted by atomic mass is 15.0. The molecule has 0 radical (unpaired) electrons. The van der Waals surface area contributed by atoms with Gasteiger partial charge >= 0.3 is 0 Å². The Morgan fingerprint density at radius 2 is 1.09 bits per heavy atom. The second kappa shape index (κ2) is 12.7. The number of hydrogen-bond acceptors (Lipinski definition) is 3. The number of rotatable bonds is 8. The molecule has 1 heterocycles. The molecule has 0 atom stereocenters. The van der Waals surface area contributed by atoms with Crippen LogP contribution in [-0.4, -0.2) is 15.0 Å². The van der Waals surface area contributed by atoms with E-state index in [1.165, 1.54) is 10.8 Å². The minimum absolute atomic E-state index is 0.614. The molecule has 6 aromatic rings. The van der Waals surface area contributed by atoms with E-state index in [9.17, 15) is 0 Å². The van der Waals surface area contributed by atoms with Crippen molar-refractivity contribution >= 4 is 33.7 Å². The molecule has 0 aliphatic heterocycles. The van der Waals surface area contributed by atoms with E-state index >= 15 is 0 Å². The molecule has 44 heavy (non-hydrogen) atoms. The summed E-state index contributed by atoms with van der Waals surface area (Å²) < 4.78 is 0. The summed E-state index contributed by atoms with van der Waals surface area (Å²) in [5.74, 6) is 1.88. The topological polar surface area (TPSA) is 38.7 Å². The van der Waals surface area contributed by atoms with Crippen molar-refractivity contribution in [3.8, 4) is 34.2 Å². The highest BCUT2D eigenvalue weighted by Crippen LogP contribution is 2.30. The van der Waals surface area contributed by atoms with Crippen molar-refractivity contribution in [1.82, 2.24) is 15.0 Å². The van der Waals surface area contributed by atoms with Crippen molar-refractivity contribution in [2.45, 2.75) is 13.8 Å². The average Bonchev–Trinajstić information content (AvgIpc) is 3.07. The zero-order valence-corrected chi connectivity index (χ0v) is 25.0. The summed E-state index contributed by atoms with van der Waals surface area (Å²) in [4.78, 5) is 15.0. The van der Waals surface area contributed by atoms with Crippen molar-refractivity contribution < 1.29 is 0 Å². The van der Waals surface area contributed by atoms with Gasteiger partial charge in [-0.1, -0.05) is 135 Å². The predicted octanol–water partition coefficient (Wildman–Crippen LogP) is 10.9. The lowest BCUT2D eigenvalue weighted by molar-refractivity contribution is 1.07. The van der Waals surface area contributed by atoms with Gasteiger partial charge in [-0.25, -0.2) is 15.0 Å².